The van der Waals surface area contributed by atoms with Crippen molar-refractivity contribution in [3.8, 4) is 0 Å². The summed E-state index contributed by atoms with van der Waals surface area (Å²) < 4.78 is 15.8. The van der Waals surface area contributed by atoms with Crippen LogP contribution in [0.1, 0.15) is 5.82 Å². The number of hydrogen-bond acceptors (Lipinski definition) is 3. The molecule has 2 heterocycles. The predicted octanol–water partition coefficient (Wildman–Crippen LogP) is 1.80. The van der Waals surface area contributed by atoms with Crippen LogP contribution >= 0.6 is 11.6 Å². The molecule has 0 bridgehead atoms. The van der Waals surface area contributed by atoms with E-state index in [4.69, 9.17) is 11.6 Å². The molecule has 0 aliphatic carbocycles. The summed E-state index contributed by atoms with van der Waals surface area (Å²) in [5.74, 6) is 0.684. The van der Waals surface area contributed by atoms with Crippen molar-refractivity contribution in [2.45, 2.75) is 5.88 Å². The Kier molecular flexibility index (Phi) is 3.33. The molecule has 0 atom stereocenters. The quantitative estimate of drug-likeness (QED) is 0.785. The Balaban J connectivity index is 2.08. The average molecular weight is 283 g/mol. The molecular formula is C13H16ClFN4. The number of piperazine rings is 1. The first-order valence-corrected chi connectivity index (χ1v) is 6.89. The second-order valence-corrected chi connectivity index (χ2v) is 5.11. The zero-order chi connectivity index (χ0) is 13.4. The smallest absolute Gasteiger partial charge is 0.151 e. The van der Waals surface area contributed by atoms with Crippen LogP contribution in [0, 0.1) is 5.82 Å². The van der Waals surface area contributed by atoms with Crippen molar-refractivity contribution in [3.63, 3.8) is 0 Å². The summed E-state index contributed by atoms with van der Waals surface area (Å²) in [7, 11) is 2.10. The summed E-state index contributed by atoms with van der Waals surface area (Å²) in [6.45, 7) is 3.75. The highest BCUT2D eigenvalue weighted by molar-refractivity contribution is 6.16. The van der Waals surface area contributed by atoms with Crippen LogP contribution < -0.4 is 5.01 Å². The lowest BCUT2D eigenvalue weighted by Crippen LogP contribution is -2.50. The zero-order valence-corrected chi connectivity index (χ0v) is 11.6. The molecule has 1 aliphatic rings. The van der Waals surface area contributed by atoms with Crippen LogP contribution in [-0.4, -0.2) is 47.8 Å². The Morgan fingerprint density at radius 3 is 2.68 bits per heavy atom. The van der Waals surface area contributed by atoms with Gasteiger partial charge in [0.05, 0.1) is 11.4 Å². The van der Waals surface area contributed by atoms with E-state index in [0.717, 1.165) is 31.7 Å². The van der Waals surface area contributed by atoms with Crippen LogP contribution in [0.3, 0.4) is 0 Å². The maximum absolute atomic E-state index is 13.8. The molecule has 1 fully saturated rings. The van der Waals surface area contributed by atoms with Crippen molar-refractivity contribution in [1.29, 1.82) is 0 Å². The van der Waals surface area contributed by atoms with E-state index in [1.807, 2.05) is 10.7 Å². The van der Waals surface area contributed by atoms with E-state index in [1.165, 1.54) is 6.07 Å². The zero-order valence-electron chi connectivity index (χ0n) is 10.8. The number of likely N-dealkylation sites (N-methyl/N-ethyl adjacent to an activating group) is 1. The van der Waals surface area contributed by atoms with Crippen LogP contribution in [0.5, 0.6) is 0 Å². The fourth-order valence-corrected chi connectivity index (χ4v) is 2.67. The molecule has 102 valence electrons. The van der Waals surface area contributed by atoms with Gasteiger partial charge in [-0.1, -0.05) is 6.07 Å². The first-order chi connectivity index (χ1) is 9.20. The number of hydrogen-bond donors (Lipinski definition) is 0. The minimum Gasteiger partial charge on any atom is -0.308 e. The first-order valence-electron chi connectivity index (χ1n) is 6.36. The molecule has 1 saturated heterocycles. The van der Waals surface area contributed by atoms with Crippen molar-refractivity contribution in [2.75, 3.05) is 38.2 Å². The van der Waals surface area contributed by atoms with E-state index in [2.05, 4.69) is 21.9 Å². The lowest BCUT2D eigenvalue weighted by molar-refractivity contribution is 0.288. The topological polar surface area (TPSA) is 24.3 Å². The normalized spacial score (nSPS) is 17.3. The fourth-order valence-electron chi connectivity index (χ4n) is 2.50. The number of imidazole rings is 1. The number of rotatable bonds is 2. The fraction of sp³-hybridized carbons (Fsp3) is 0.462. The molecule has 0 amide bonds. The van der Waals surface area contributed by atoms with Gasteiger partial charge >= 0.3 is 0 Å². The second-order valence-electron chi connectivity index (χ2n) is 4.84. The SMILES string of the molecule is CN1CCN(n2c(CCl)nc3c(F)cccc32)CC1. The van der Waals surface area contributed by atoms with Crippen LogP contribution in [0.4, 0.5) is 4.39 Å². The van der Waals surface area contributed by atoms with Gasteiger partial charge in [0.2, 0.25) is 0 Å². The maximum atomic E-state index is 13.8. The van der Waals surface area contributed by atoms with E-state index in [9.17, 15) is 4.39 Å². The molecule has 4 nitrogen and oxygen atoms in total. The third-order valence-corrected chi connectivity index (χ3v) is 3.80. The third-order valence-electron chi connectivity index (χ3n) is 3.56. The molecule has 1 aromatic carbocycles. The monoisotopic (exact) mass is 282 g/mol. The van der Waals surface area contributed by atoms with Gasteiger partial charge in [0.1, 0.15) is 11.3 Å². The average Bonchev–Trinajstić information content (AvgIpc) is 2.80. The van der Waals surface area contributed by atoms with Crippen molar-refractivity contribution in [1.82, 2.24) is 14.6 Å². The standard InChI is InChI=1S/C13H16ClFN4/c1-17-5-7-18(8-6-17)19-11-4-2-3-10(15)13(11)16-12(19)9-14/h2-4H,5-9H2,1H3. The van der Waals surface area contributed by atoms with Gasteiger partial charge < -0.3 is 9.91 Å². The van der Waals surface area contributed by atoms with Crippen molar-refractivity contribution < 1.29 is 4.39 Å². The molecule has 2 aromatic rings. The van der Waals surface area contributed by atoms with Gasteiger partial charge in [-0.25, -0.2) is 14.1 Å². The molecule has 6 heteroatoms. The van der Waals surface area contributed by atoms with Crippen molar-refractivity contribution in [2.24, 2.45) is 0 Å². The molecule has 3 rings (SSSR count). The Labute approximate surface area is 116 Å². The van der Waals surface area contributed by atoms with Crippen molar-refractivity contribution in [3.05, 3.63) is 29.8 Å². The van der Waals surface area contributed by atoms with Gasteiger partial charge in [0.15, 0.2) is 5.82 Å². The summed E-state index contributed by atoms with van der Waals surface area (Å²) in [4.78, 5) is 6.60. The minimum absolute atomic E-state index is 0.278. The lowest BCUT2D eigenvalue weighted by Gasteiger charge is -2.35. The molecule has 0 spiro atoms. The Hall–Kier alpha value is -1.33. The number of nitrogens with zero attached hydrogens (tertiary/aromatic N) is 4. The largest absolute Gasteiger partial charge is 0.308 e. The first kappa shape index (κ1) is 12.7. The Morgan fingerprint density at radius 1 is 1.26 bits per heavy atom. The number of halogens is 2. The highest BCUT2D eigenvalue weighted by atomic mass is 35.5. The molecule has 19 heavy (non-hydrogen) atoms. The van der Waals surface area contributed by atoms with Crippen LogP contribution in [0.25, 0.3) is 11.0 Å². The van der Waals surface area contributed by atoms with E-state index in [-0.39, 0.29) is 11.7 Å². The number of aromatic nitrogens is 2. The Bertz CT molecular complexity index is 590. The van der Waals surface area contributed by atoms with E-state index >= 15 is 0 Å². The summed E-state index contributed by atoms with van der Waals surface area (Å²) in [5.41, 5.74) is 1.19. The van der Waals surface area contributed by atoms with Gasteiger partial charge in [0.25, 0.3) is 0 Å². The summed E-state index contributed by atoms with van der Waals surface area (Å²) >= 11 is 5.96. The summed E-state index contributed by atoms with van der Waals surface area (Å²) in [6.07, 6.45) is 0. The molecule has 1 aromatic heterocycles. The van der Waals surface area contributed by atoms with E-state index in [0.29, 0.717) is 11.3 Å². The molecule has 1 aliphatic heterocycles. The predicted molar refractivity (Wildman–Crippen MR) is 74.7 cm³/mol. The summed E-state index contributed by atoms with van der Waals surface area (Å²) in [6, 6.07) is 5.03. The second kappa shape index (κ2) is 4.98. The minimum atomic E-state index is -0.295. The third kappa shape index (κ3) is 2.17. The maximum Gasteiger partial charge on any atom is 0.151 e. The number of para-hydroxylation sites is 1. The van der Waals surface area contributed by atoms with E-state index < -0.39 is 0 Å². The van der Waals surface area contributed by atoms with Gasteiger partial charge in [-0.05, 0) is 19.2 Å². The van der Waals surface area contributed by atoms with Crippen LogP contribution in [0.2, 0.25) is 0 Å². The lowest BCUT2D eigenvalue weighted by atomic mass is 10.3. The molecule has 0 radical (unpaired) electrons. The number of alkyl halides is 1. The molecule has 0 saturated carbocycles. The molecule has 0 unspecified atom stereocenters. The van der Waals surface area contributed by atoms with Gasteiger partial charge in [-0.15, -0.1) is 11.6 Å². The number of benzene rings is 1. The Morgan fingerprint density at radius 2 is 2.00 bits per heavy atom. The van der Waals surface area contributed by atoms with Gasteiger partial charge in [-0.2, -0.15) is 0 Å². The molecular weight excluding hydrogens is 267 g/mol. The van der Waals surface area contributed by atoms with Gasteiger partial charge in [-0.3, -0.25) is 0 Å². The van der Waals surface area contributed by atoms with E-state index in [1.54, 1.807) is 6.07 Å². The molecule has 0 N–H and O–H groups in total. The highest BCUT2D eigenvalue weighted by Gasteiger charge is 2.20. The summed E-state index contributed by atoms with van der Waals surface area (Å²) in [5, 5.41) is 2.19. The van der Waals surface area contributed by atoms with Crippen LogP contribution in [0.15, 0.2) is 18.2 Å². The van der Waals surface area contributed by atoms with Crippen LogP contribution in [-0.2, 0) is 5.88 Å². The van der Waals surface area contributed by atoms with Gasteiger partial charge in [0, 0.05) is 26.2 Å². The highest BCUT2D eigenvalue weighted by Crippen LogP contribution is 2.21. The van der Waals surface area contributed by atoms with Crippen molar-refractivity contribution >= 4 is 22.6 Å². The number of fused-ring (bicyclic) bond motifs is 1.